The second-order valence-corrected chi connectivity index (χ2v) is 6.43. The molecule has 1 aromatic carbocycles. The van der Waals surface area contributed by atoms with E-state index < -0.39 is 0 Å². The molecule has 3 nitrogen and oxygen atoms in total. The highest BCUT2D eigenvalue weighted by atomic mass is 15.3. The molecule has 3 unspecified atom stereocenters. The molecule has 0 radical (unpaired) electrons. The summed E-state index contributed by atoms with van der Waals surface area (Å²) in [6.45, 7) is 5.88. The molecule has 110 valence electrons. The van der Waals surface area contributed by atoms with Crippen LogP contribution in [-0.4, -0.2) is 54.6 Å². The maximum atomic E-state index is 3.56. The van der Waals surface area contributed by atoms with Crippen molar-refractivity contribution in [1.82, 2.24) is 9.80 Å². The molecule has 3 atom stereocenters. The molecule has 0 amide bonds. The number of para-hydroxylation sites is 1. The topological polar surface area (TPSA) is 18.5 Å². The predicted molar refractivity (Wildman–Crippen MR) is 85.2 cm³/mol. The van der Waals surface area contributed by atoms with Gasteiger partial charge in [-0.05, 0) is 45.4 Å². The molecule has 0 aliphatic carbocycles. The highest BCUT2D eigenvalue weighted by molar-refractivity contribution is 5.42. The summed E-state index contributed by atoms with van der Waals surface area (Å²) in [5.41, 5.74) is 1.23. The van der Waals surface area contributed by atoms with Crippen LogP contribution in [0.2, 0.25) is 0 Å². The lowest BCUT2D eigenvalue weighted by atomic mass is 10.1. The van der Waals surface area contributed by atoms with Crippen molar-refractivity contribution in [3.63, 3.8) is 0 Å². The molecular weight excluding hydrogens is 246 g/mol. The van der Waals surface area contributed by atoms with E-state index in [-0.39, 0.29) is 0 Å². The highest BCUT2D eigenvalue weighted by Crippen LogP contribution is 2.29. The third-order valence-corrected chi connectivity index (χ3v) is 5.18. The first kappa shape index (κ1) is 13.9. The predicted octanol–water partition coefficient (Wildman–Crippen LogP) is 2.66. The smallest absolute Gasteiger partial charge is 0.0340 e. The normalized spacial score (nSPS) is 29.1. The average Bonchev–Trinajstić information content (AvgIpc) is 2.71. The van der Waals surface area contributed by atoms with Gasteiger partial charge in [-0.2, -0.15) is 0 Å². The Balaban J connectivity index is 1.53. The van der Waals surface area contributed by atoms with Crippen LogP contribution in [0.3, 0.4) is 0 Å². The van der Waals surface area contributed by atoms with Gasteiger partial charge in [0.05, 0.1) is 0 Å². The maximum absolute atomic E-state index is 3.56. The Labute approximate surface area is 123 Å². The lowest BCUT2D eigenvalue weighted by molar-refractivity contribution is 0.186. The van der Waals surface area contributed by atoms with E-state index in [9.17, 15) is 0 Å². The number of fused-ring (bicyclic) bond motifs is 2. The first-order valence-corrected chi connectivity index (χ1v) is 7.99. The molecule has 1 N–H and O–H groups in total. The maximum Gasteiger partial charge on any atom is 0.0340 e. The van der Waals surface area contributed by atoms with E-state index in [1.165, 1.54) is 38.0 Å². The molecule has 2 heterocycles. The molecule has 2 aliphatic heterocycles. The zero-order chi connectivity index (χ0) is 13.9. The van der Waals surface area contributed by atoms with Gasteiger partial charge in [0.15, 0.2) is 0 Å². The van der Waals surface area contributed by atoms with Gasteiger partial charge in [0.2, 0.25) is 0 Å². The average molecular weight is 273 g/mol. The molecule has 20 heavy (non-hydrogen) atoms. The number of nitrogens with zero attached hydrogens (tertiary/aromatic N) is 2. The minimum atomic E-state index is 0.600. The third-order valence-electron chi connectivity index (χ3n) is 5.18. The summed E-state index contributed by atoms with van der Waals surface area (Å²) in [5, 5.41) is 3.56. The molecule has 3 heteroatoms. The molecular formula is C17H27N3. The van der Waals surface area contributed by atoms with E-state index in [0.717, 1.165) is 18.6 Å². The minimum absolute atomic E-state index is 0.600. The standard InChI is InChI=1S/C17H27N3/c1-14(12-18-15-6-4-3-5-7-15)20-11-10-16-8-9-17(13-20)19(16)2/h3-7,14,16-18H,8-13H2,1-2H3. The Bertz CT molecular complexity index is 420. The fraction of sp³-hybridized carbons (Fsp3) is 0.647. The molecule has 2 saturated heterocycles. The summed E-state index contributed by atoms with van der Waals surface area (Å²) < 4.78 is 0. The minimum Gasteiger partial charge on any atom is -0.383 e. The van der Waals surface area contributed by atoms with Crippen molar-refractivity contribution in [3.8, 4) is 0 Å². The van der Waals surface area contributed by atoms with Crippen LogP contribution in [0.5, 0.6) is 0 Å². The van der Waals surface area contributed by atoms with Gasteiger partial charge in [0, 0.05) is 43.4 Å². The second kappa shape index (κ2) is 6.15. The Hall–Kier alpha value is -1.06. The van der Waals surface area contributed by atoms with Crippen molar-refractivity contribution in [2.45, 2.75) is 44.3 Å². The Kier molecular flexibility index (Phi) is 4.27. The molecule has 3 rings (SSSR count). The van der Waals surface area contributed by atoms with E-state index in [1.807, 2.05) is 0 Å². The molecule has 0 saturated carbocycles. The molecule has 0 aromatic heterocycles. The van der Waals surface area contributed by atoms with Gasteiger partial charge in [-0.15, -0.1) is 0 Å². The number of anilines is 1. The van der Waals surface area contributed by atoms with Crippen LogP contribution in [0.4, 0.5) is 5.69 Å². The number of hydrogen-bond acceptors (Lipinski definition) is 3. The van der Waals surface area contributed by atoms with Crippen LogP contribution in [-0.2, 0) is 0 Å². The fourth-order valence-corrected chi connectivity index (χ4v) is 3.69. The van der Waals surface area contributed by atoms with Crippen LogP contribution in [0.25, 0.3) is 0 Å². The van der Waals surface area contributed by atoms with E-state index in [4.69, 9.17) is 0 Å². The van der Waals surface area contributed by atoms with Crippen LogP contribution in [0.1, 0.15) is 26.2 Å². The monoisotopic (exact) mass is 273 g/mol. The summed E-state index contributed by atoms with van der Waals surface area (Å²) in [4.78, 5) is 5.30. The van der Waals surface area contributed by atoms with Gasteiger partial charge in [-0.25, -0.2) is 0 Å². The van der Waals surface area contributed by atoms with E-state index >= 15 is 0 Å². The zero-order valence-electron chi connectivity index (χ0n) is 12.8. The number of likely N-dealkylation sites (tertiary alicyclic amines) is 1. The van der Waals surface area contributed by atoms with Crippen molar-refractivity contribution in [3.05, 3.63) is 30.3 Å². The lowest BCUT2D eigenvalue weighted by Gasteiger charge is -2.31. The Morgan fingerprint density at radius 2 is 1.90 bits per heavy atom. The summed E-state index contributed by atoms with van der Waals surface area (Å²) >= 11 is 0. The zero-order valence-corrected chi connectivity index (χ0v) is 12.8. The second-order valence-electron chi connectivity index (χ2n) is 6.43. The van der Waals surface area contributed by atoms with Crippen LogP contribution in [0.15, 0.2) is 30.3 Å². The molecule has 0 spiro atoms. The number of hydrogen-bond donors (Lipinski definition) is 1. The third kappa shape index (κ3) is 2.99. The van der Waals surface area contributed by atoms with Crippen molar-refractivity contribution >= 4 is 5.69 Å². The summed E-state index contributed by atoms with van der Waals surface area (Å²) in [5.74, 6) is 0. The molecule has 2 aliphatic rings. The highest BCUT2D eigenvalue weighted by Gasteiger charge is 2.35. The number of nitrogens with one attached hydrogen (secondary N) is 1. The van der Waals surface area contributed by atoms with Gasteiger partial charge in [-0.1, -0.05) is 18.2 Å². The van der Waals surface area contributed by atoms with Crippen LogP contribution in [0, 0.1) is 0 Å². The van der Waals surface area contributed by atoms with Crippen LogP contribution >= 0.6 is 0 Å². The summed E-state index contributed by atoms with van der Waals surface area (Å²) in [6.07, 6.45) is 4.13. The van der Waals surface area contributed by atoms with Gasteiger partial charge >= 0.3 is 0 Å². The quantitative estimate of drug-likeness (QED) is 0.910. The number of benzene rings is 1. The van der Waals surface area contributed by atoms with Gasteiger partial charge < -0.3 is 5.32 Å². The van der Waals surface area contributed by atoms with Crippen LogP contribution < -0.4 is 5.32 Å². The number of likely N-dealkylation sites (N-methyl/N-ethyl adjacent to an activating group) is 1. The number of rotatable bonds is 4. The van der Waals surface area contributed by atoms with Gasteiger partial charge in [-0.3, -0.25) is 9.80 Å². The fourth-order valence-electron chi connectivity index (χ4n) is 3.69. The first-order valence-electron chi connectivity index (χ1n) is 7.99. The summed E-state index contributed by atoms with van der Waals surface area (Å²) in [7, 11) is 2.32. The Morgan fingerprint density at radius 3 is 2.70 bits per heavy atom. The van der Waals surface area contributed by atoms with E-state index in [2.05, 4.69) is 59.4 Å². The van der Waals surface area contributed by atoms with Crippen molar-refractivity contribution in [1.29, 1.82) is 0 Å². The van der Waals surface area contributed by atoms with E-state index in [1.54, 1.807) is 0 Å². The van der Waals surface area contributed by atoms with E-state index in [0.29, 0.717) is 6.04 Å². The first-order chi connectivity index (χ1) is 9.74. The summed E-state index contributed by atoms with van der Waals surface area (Å²) in [6, 6.07) is 12.7. The van der Waals surface area contributed by atoms with Gasteiger partial charge in [0.25, 0.3) is 0 Å². The van der Waals surface area contributed by atoms with Crippen molar-refractivity contribution in [2.75, 3.05) is 32.0 Å². The lowest BCUT2D eigenvalue weighted by Crippen LogP contribution is -2.43. The van der Waals surface area contributed by atoms with Crippen molar-refractivity contribution < 1.29 is 0 Å². The largest absolute Gasteiger partial charge is 0.383 e. The molecule has 2 bridgehead atoms. The SMILES string of the molecule is CC(CNc1ccccc1)N1CCC2CCC(C1)N2C. The Morgan fingerprint density at radius 1 is 1.15 bits per heavy atom. The van der Waals surface area contributed by atoms with Gasteiger partial charge in [0.1, 0.15) is 0 Å². The van der Waals surface area contributed by atoms with Crippen molar-refractivity contribution in [2.24, 2.45) is 0 Å². The molecule has 1 aromatic rings. The molecule has 2 fully saturated rings.